The minimum Gasteiger partial charge on any atom is -0.378 e. The van der Waals surface area contributed by atoms with Crippen molar-refractivity contribution in [3.63, 3.8) is 0 Å². The molecule has 0 radical (unpaired) electrons. The van der Waals surface area contributed by atoms with E-state index < -0.39 is 0 Å². The molecule has 2 aromatic rings. The monoisotopic (exact) mass is 339 g/mol. The molecule has 1 fully saturated rings. The third-order valence-corrected chi connectivity index (χ3v) is 4.52. The van der Waals surface area contributed by atoms with Gasteiger partial charge in [0.15, 0.2) is 0 Å². The molecule has 1 aromatic carbocycles. The first-order chi connectivity index (χ1) is 12.1. The Bertz CT molecular complexity index is 704. The van der Waals surface area contributed by atoms with Crippen LogP contribution in [0.5, 0.6) is 0 Å². The van der Waals surface area contributed by atoms with Crippen molar-refractivity contribution in [1.29, 1.82) is 0 Å². The Balaban J connectivity index is 1.57. The molecule has 1 aromatic heterocycles. The molecule has 0 aliphatic carbocycles. The number of aromatic nitrogens is 2. The summed E-state index contributed by atoms with van der Waals surface area (Å²) in [5, 5.41) is 3.08. The van der Waals surface area contributed by atoms with Crippen molar-refractivity contribution in [3.05, 3.63) is 48.3 Å². The zero-order valence-corrected chi connectivity index (χ0v) is 14.9. The lowest BCUT2D eigenvalue weighted by Gasteiger charge is -2.31. The van der Waals surface area contributed by atoms with Gasteiger partial charge in [-0.15, -0.1) is 0 Å². The summed E-state index contributed by atoms with van der Waals surface area (Å²) in [4.78, 5) is 25.3. The lowest BCUT2D eigenvalue weighted by molar-refractivity contribution is -0.125. The Hall–Kier alpha value is -2.63. The molecule has 3 rings (SSSR count). The number of carbonyl (C=O) groups excluding carboxylic acids is 1. The van der Waals surface area contributed by atoms with Gasteiger partial charge in [-0.2, -0.15) is 0 Å². The molecule has 1 N–H and O–H groups in total. The van der Waals surface area contributed by atoms with E-state index in [1.165, 1.54) is 0 Å². The van der Waals surface area contributed by atoms with E-state index in [0.29, 0.717) is 19.0 Å². The predicted octanol–water partition coefficient (Wildman–Crippen LogP) is 2.08. The Morgan fingerprint density at radius 3 is 2.84 bits per heavy atom. The summed E-state index contributed by atoms with van der Waals surface area (Å²) < 4.78 is 0. The topological polar surface area (TPSA) is 61.4 Å². The molecule has 132 valence electrons. The molecule has 0 unspecified atom stereocenters. The number of carbonyl (C=O) groups is 1. The van der Waals surface area contributed by atoms with E-state index in [4.69, 9.17) is 0 Å². The molecule has 1 aliphatic rings. The molecule has 1 amide bonds. The molecule has 0 saturated carbocycles. The fourth-order valence-electron chi connectivity index (χ4n) is 3.11. The van der Waals surface area contributed by atoms with Gasteiger partial charge in [0.05, 0.1) is 5.92 Å². The number of piperidine rings is 1. The minimum absolute atomic E-state index is 0.0189. The molecule has 25 heavy (non-hydrogen) atoms. The highest BCUT2D eigenvalue weighted by Gasteiger charge is 2.26. The van der Waals surface area contributed by atoms with Crippen LogP contribution in [0.2, 0.25) is 0 Å². The molecule has 0 bridgehead atoms. The van der Waals surface area contributed by atoms with Gasteiger partial charge in [0.2, 0.25) is 11.9 Å². The van der Waals surface area contributed by atoms with Crippen LogP contribution in [0.1, 0.15) is 18.4 Å². The average Bonchev–Trinajstić information content (AvgIpc) is 2.67. The summed E-state index contributed by atoms with van der Waals surface area (Å²) in [7, 11) is 4.03. The van der Waals surface area contributed by atoms with Crippen LogP contribution in [-0.2, 0) is 11.3 Å². The predicted molar refractivity (Wildman–Crippen MR) is 99.6 cm³/mol. The Kier molecular flexibility index (Phi) is 5.48. The summed E-state index contributed by atoms with van der Waals surface area (Å²) in [6.45, 7) is 2.13. The number of nitrogens with one attached hydrogen (secondary N) is 1. The Morgan fingerprint density at radius 1 is 1.28 bits per heavy atom. The second-order valence-electron chi connectivity index (χ2n) is 6.62. The molecular weight excluding hydrogens is 314 g/mol. The van der Waals surface area contributed by atoms with E-state index in [0.717, 1.165) is 30.6 Å². The van der Waals surface area contributed by atoms with Crippen molar-refractivity contribution in [3.8, 4) is 0 Å². The van der Waals surface area contributed by atoms with Gasteiger partial charge in [-0.05, 0) is 36.6 Å². The zero-order valence-electron chi connectivity index (χ0n) is 14.9. The summed E-state index contributed by atoms with van der Waals surface area (Å²) in [5.41, 5.74) is 2.25. The van der Waals surface area contributed by atoms with E-state index in [-0.39, 0.29) is 11.8 Å². The van der Waals surface area contributed by atoms with Crippen LogP contribution in [-0.4, -0.2) is 43.1 Å². The number of benzene rings is 1. The van der Waals surface area contributed by atoms with E-state index in [1.807, 2.05) is 26.2 Å². The molecular formula is C19H25N5O. The van der Waals surface area contributed by atoms with Gasteiger partial charge in [-0.3, -0.25) is 4.79 Å². The maximum Gasteiger partial charge on any atom is 0.225 e. The standard InChI is InChI=1S/C19H25N5O/c1-23(2)17-8-3-6-15(12-17)13-22-18(25)16-7-4-11-24(14-16)19-20-9-5-10-21-19/h3,5-6,8-10,12,16H,4,7,11,13-14H2,1-2H3,(H,22,25)/t16-/m0/s1. The maximum absolute atomic E-state index is 12.6. The summed E-state index contributed by atoms with van der Waals surface area (Å²) >= 11 is 0. The van der Waals surface area contributed by atoms with Gasteiger partial charge in [0.1, 0.15) is 0 Å². The molecule has 1 saturated heterocycles. The van der Waals surface area contributed by atoms with Crippen molar-refractivity contribution in [2.75, 3.05) is 37.0 Å². The number of anilines is 2. The molecule has 6 nitrogen and oxygen atoms in total. The number of rotatable bonds is 5. The van der Waals surface area contributed by atoms with Crippen LogP contribution in [0.4, 0.5) is 11.6 Å². The lowest BCUT2D eigenvalue weighted by atomic mass is 9.97. The zero-order chi connectivity index (χ0) is 17.6. The number of nitrogens with zero attached hydrogens (tertiary/aromatic N) is 4. The van der Waals surface area contributed by atoms with E-state index in [1.54, 1.807) is 18.5 Å². The van der Waals surface area contributed by atoms with Gasteiger partial charge in [0.25, 0.3) is 0 Å². The number of hydrogen-bond acceptors (Lipinski definition) is 5. The molecule has 0 spiro atoms. The van der Waals surface area contributed by atoms with Crippen molar-refractivity contribution in [1.82, 2.24) is 15.3 Å². The van der Waals surface area contributed by atoms with Gasteiger partial charge < -0.3 is 15.1 Å². The molecule has 1 atom stereocenters. The van der Waals surface area contributed by atoms with Crippen molar-refractivity contribution in [2.24, 2.45) is 5.92 Å². The molecule has 2 heterocycles. The fourth-order valence-corrected chi connectivity index (χ4v) is 3.11. The minimum atomic E-state index is -0.0189. The first kappa shape index (κ1) is 17.2. The summed E-state index contributed by atoms with van der Waals surface area (Å²) in [6, 6.07) is 10.0. The fraction of sp³-hybridized carbons (Fsp3) is 0.421. The van der Waals surface area contributed by atoms with Crippen molar-refractivity contribution in [2.45, 2.75) is 19.4 Å². The van der Waals surface area contributed by atoms with Crippen LogP contribution in [0.25, 0.3) is 0 Å². The SMILES string of the molecule is CN(C)c1cccc(CNC(=O)[C@H]2CCCN(c3ncccn3)C2)c1. The highest BCUT2D eigenvalue weighted by molar-refractivity contribution is 5.79. The van der Waals surface area contributed by atoms with Crippen LogP contribution in [0, 0.1) is 5.92 Å². The Labute approximate surface area is 148 Å². The van der Waals surface area contributed by atoms with Gasteiger partial charge in [-0.1, -0.05) is 12.1 Å². The van der Waals surface area contributed by atoms with E-state index >= 15 is 0 Å². The largest absolute Gasteiger partial charge is 0.378 e. The highest BCUT2D eigenvalue weighted by Crippen LogP contribution is 2.20. The Morgan fingerprint density at radius 2 is 2.08 bits per heavy atom. The normalized spacial score (nSPS) is 17.2. The first-order valence-electron chi connectivity index (χ1n) is 8.69. The van der Waals surface area contributed by atoms with Crippen LogP contribution < -0.4 is 15.1 Å². The second kappa shape index (κ2) is 7.96. The quantitative estimate of drug-likeness (QED) is 0.904. The number of hydrogen-bond donors (Lipinski definition) is 1. The lowest BCUT2D eigenvalue weighted by Crippen LogP contribution is -2.43. The average molecular weight is 339 g/mol. The van der Waals surface area contributed by atoms with Gasteiger partial charge in [0, 0.05) is 51.8 Å². The smallest absolute Gasteiger partial charge is 0.225 e. The van der Waals surface area contributed by atoms with Crippen LogP contribution >= 0.6 is 0 Å². The third-order valence-electron chi connectivity index (χ3n) is 4.52. The first-order valence-corrected chi connectivity index (χ1v) is 8.69. The summed E-state index contributed by atoms with van der Waals surface area (Å²) in [5.74, 6) is 0.796. The van der Waals surface area contributed by atoms with E-state index in [2.05, 4.69) is 37.2 Å². The third kappa shape index (κ3) is 4.47. The maximum atomic E-state index is 12.6. The van der Waals surface area contributed by atoms with E-state index in [9.17, 15) is 4.79 Å². The highest BCUT2D eigenvalue weighted by atomic mass is 16.1. The molecule has 1 aliphatic heterocycles. The molecule has 6 heteroatoms. The van der Waals surface area contributed by atoms with Crippen LogP contribution in [0.15, 0.2) is 42.7 Å². The van der Waals surface area contributed by atoms with Crippen molar-refractivity contribution >= 4 is 17.5 Å². The van der Waals surface area contributed by atoms with Gasteiger partial charge >= 0.3 is 0 Å². The van der Waals surface area contributed by atoms with Crippen molar-refractivity contribution < 1.29 is 4.79 Å². The van der Waals surface area contributed by atoms with Gasteiger partial charge in [-0.25, -0.2) is 9.97 Å². The second-order valence-corrected chi connectivity index (χ2v) is 6.62. The number of amides is 1. The summed E-state index contributed by atoms with van der Waals surface area (Å²) in [6.07, 6.45) is 5.37. The van der Waals surface area contributed by atoms with Crippen LogP contribution in [0.3, 0.4) is 0 Å².